The van der Waals surface area contributed by atoms with E-state index in [1.54, 1.807) is 0 Å². The smallest absolute Gasteiger partial charge is 0.0312 e. The van der Waals surface area contributed by atoms with E-state index in [2.05, 4.69) is 46.4 Å². The van der Waals surface area contributed by atoms with Crippen LogP contribution in [0.1, 0.15) is 29.2 Å². The lowest BCUT2D eigenvalue weighted by atomic mass is 10.1. The second kappa shape index (κ2) is 6.16. The van der Waals surface area contributed by atoms with E-state index in [-0.39, 0.29) is 0 Å². The number of pyridine rings is 1. The van der Waals surface area contributed by atoms with Crippen molar-refractivity contribution < 1.29 is 0 Å². The van der Waals surface area contributed by atoms with Gasteiger partial charge in [-0.15, -0.1) is 0 Å². The standard InChI is InChI=1S/C17H21N3/c1-2-18-9-14-5-6-16-12-20(13-17(16)8-14)11-15-4-3-7-19-10-15/h3-8,10,18H,2,9,11-13H2,1H3. The van der Waals surface area contributed by atoms with Crippen LogP contribution in [0.3, 0.4) is 0 Å². The molecule has 1 aromatic heterocycles. The molecular formula is C17H21N3. The summed E-state index contributed by atoms with van der Waals surface area (Å²) in [4.78, 5) is 6.66. The van der Waals surface area contributed by atoms with E-state index < -0.39 is 0 Å². The van der Waals surface area contributed by atoms with Gasteiger partial charge in [0.05, 0.1) is 0 Å². The molecule has 0 spiro atoms. The molecule has 0 saturated carbocycles. The summed E-state index contributed by atoms with van der Waals surface area (Å²) < 4.78 is 0. The first kappa shape index (κ1) is 13.3. The Morgan fingerprint density at radius 2 is 2.05 bits per heavy atom. The number of benzene rings is 1. The zero-order valence-electron chi connectivity index (χ0n) is 12.0. The van der Waals surface area contributed by atoms with Crippen molar-refractivity contribution >= 4 is 0 Å². The molecule has 0 saturated heterocycles. The Bertz CT molecular complexity index is 566. The highest BCUT2D eigenvalue weighted by atomic mass is 15.1. The molecule has 1 N–H and O–H groups in total. The topological polar surface area (TPSA) is 28.2 Å². The molecular weight excluding hydrogens is 246 g/mol. The molecule has 0 atom stereocenters. The van der Waals surface area contributed by atoms with Gasteiger partial charge in [0, 0.05) is 38.6 Å². The zero-order chi connectivity index (χ0) is 13.8. The summed E-state index contributed by atoms with van der Waals surface area (Å²) in [6.45, 7) is 7.20. The number of nitrogens with zero attached hydrogens (tertiary/aromatic N) is 2. The first-order chi connectivity index (χ1) is 9.85. The lowest BCUT2D eigenvalue weighted by Gasteiger charge is -2.14. The largest absolute Gasteiger partial charge is 0.313 e. The average molecular weight is 267 g/mol. The number of rotatable bonds is 5. The van der Waals surface area contributed by atoms with E-state index in [0.29, 0.717) is 0 Å². The molecule has 104 valence electrons. The molecule has 1 aliphatic rings. The van der Waals surface area contributed by atoms with Crippen LogP contribution in [-0.4, -0.2) is 16.4 Å². The quantitative estimate of drug-likeness (QED) is 0.903. The number of hydrogen-bond acceptors (Lipinski definition) is 3. The van der Waals surface area contributed by atoms with Gasteiger partial charge in [0.1, 0.15) is 0 Å². The molecule has 0 amide bonds. The predicted molar refractivity (Wildman–Crippen MR) is 81.0 cm³/mol. The van der Waals surface area contributed by atoms with E-state index in [0.717, 1.165) is 32.7 Å². The number of fused-ring (bicyclic) bond motifs is 1. The Labute approximate surface area is 120 Å². The van der Waals surface area contributed by atoms with Gasteiger partial charge in [-0.2, -0.15) is 0 Å². The molecule has 0 radical (unpaired) electrons. The van der Waals surface area contributed by atoms with Gasteiger partial charge in [-0.05, 0) is 34.9 Å². The first-order valence-corrected chi connectivity index (χ1v) is 7.28. The molecule has 3 nitrogen and oxygen atoms in total. The van der Waals surface area contributed by atoms with Gasteiger partial charge in [0.15, 0.2) is 0 Å². The maximum absolute atomic E-state index is 4.19. The summed E-state index contributed by atoms with van der Waals surface area (Å²) in [6.07, 6.45) is 3.79. The summed E-state index contributed by atoms with van der Waals surface area (Å²) in [5.74, 6) is 0. The molecule has 0 bridgehead atoms. The van der Waals surface area contributed by atoms with Gasteiger partial charge in [0.25, 0.3) is 0 Å². The van der Waals surface area contributed by atoms with Crippen molar-refractivity contribution in [1.29, 1.82) is 0 Å². The van der Waals surface area contributed by atoms with E-state index in [4.69, 9.17) is 0 Å². The Hall–Kier alpha value is -1.71. The number of aromatic nitrogens is 1. The molecule has 0 fully saturated rings. The molecule has 1 aromatic carbocycles. The Balaban J connectivity index is 1.66. The Kier molecular flexibility index (Phi) is 4.09. The zero-order valence-corrected chi connectivity index (χ0v) is 12.0. The van der Waals surface area contributed by atoms with E-state index in [9.17, 15) is 0 Å². The van der Waals surface area contributed by atoms with E-state index in [1.165, 1.54) is 22.3 Å². The van der Waals surface area contributed by atoms with Crippen molar-refractivity contribution in [1.82, 2.24) is 15.2 Å². The summed E-state index contributed by atoms with van der Waals surface area (Å²) in [7, 11) is 0. The van der Waals surface area contributed by atoms with Crippen LogP contribution in [0.25, 0.3) is 0 Å². The molecule has 2 aromatic rings. The monoisotopic (exact) mass is 267 g/mol. The Morgan fingerprint density at radius 3 is 2.85 bits per heavy atom. The van der Waals surface area contributed by atoms with Crippen LogP contribution < -0.4 is 5.32 Å². The summed E-state index contributed by atoms with van der Waals surface area (Å²) >= 11 is 0. The minimum atomic E-state index is 0.965. The third-order valence-electron chi connectivity index (χ3n) is 3.77. The van der Waals surface area contributed by atoms with Gasteiger partial charge < -0.3 is 5.32 Å². The minimum absolute atomic E-state index is 0.965. The van der Waals surface area contributed by atoms with Crippen molar-refractivity contribution in [2.45, 2.75) is 33.1 Å². The van der Waals surface area contributed by atoms with Crippen molar-refractivity contribution in [3.63, 3.8) is 0 Å². The van der Waals surface area contributed by atoms with Crippen LogP contribution in [0.2, 0.25) is 0 Å². The van der Waals surface area contributed by atoms with Crippen LogP contribution >= 0.6 is 0 Å². The molecule has 0 aliphatic carbocycles. The van der Waals surface area contributed by atoms with Crippen LogP contribution in [0.15, 0.2) is 42.7 Å². The van der Waals surface area contributed by atoms with Gasteiger partial charge >= 0.3 is 0 Å². The van der Waals surface area contributed by atoms with Crippen molar-refractivity contribution in [2.75, 3.05) is 6.54 Å². The van der Waals surface area contributed by atoms with Crippen LogP contribution in [0.4, 0.5) is 0 Å². The predicted octanol–water partition coefficient (Wildman–Crippen LogP) is 2.71. The molecule has 20 heavy (non-hydrogen) atoms. The van der Waals surface area contributed by atoms with Crippen LogP contribution in [0.5, 0.6) is 0 Å². The fourth-order valence-electron chi connectivity index (χ4n) is 2.76. The number of nitrogens with one attached hydrogen (secondary N) is 1. The van der Waals surface area contributed by atoms with Crippen molar-refractivity contribution in [2.24, 2.45) is 0 Å². The summed E-state index contributed by atoms with van der Waals surface area (Å²) in [6, 6.07) is 11.0. The fraction of sp³-hybridized carbons (Fsp3) is 0.353. The fourth-order valence-corrected chi connectivity index (χ4v) is 2.76. The van der Waals surface area contributed by atoms with Crippen LogP contribution in [0, 0.1) is 0 Å². The van der Waals surface area contributed by atoms with Crippen LogP contribution in [-0.2, 0) is 26.2 Å². The second-order valence-electron chi connectivity index (χ2n) is 5.39. The second-order valence-corrected chi connectivity index (χ2v) is 5.39. The van der Waals surface area contributed by atoms with Gasteiger partial charge in [-0.1, -0.05) is 31.2 Å². The molecule has 3 rings (SSSR count). The third-order valence-corrected chi connectivity index (χ3v) is 3.77. The lowest BCUT2D eigenvalue weighted by Crippen LogP contribution is -2.15. The molecule has 3 heteroatoms. The Morgan fingerprint density at radius 1 is 1.15 bits per heavy atom. The van der Waals surface area contributed by atoms with Gasteiger partial charge in [-0.25, -0.2) is 0 Å². The van der Waals surface area contributed by atoms with E-state index in [1.807, 2.05) is 18.5 Å². The van der Waals surface area contributed by atoms with Gasteiger partial charge in [-0.3, -0.25) is 9.88 Å². The van der Waals surface area contributed by atoms with Gasteiger partial charge in [0.2, 0.25) is 0 Å². The molecule has 2 heterocycles. The summed E-state index contributed by atoms with van der Waals surface area (Å²) in [5, 5.41) is 3.38. The minimum Gasteiger partial charge on any atom is -0.313 e. The molecule has 0 unspecified atom stereocenters. The maximum atomic E-state index is 4.19. The average Bonchev–Trinajstić information content (AvgIpc) is 2.87. The maximum Gasteiger partial charge on any atom is 0.0312 e. The van der Waals surface area contributed by atoms with Crippen molar-refractivity contribution in [3.05, 3.63) is 65.0 Å². The highest BCUT2D eigenvalue weighted by molar-refractivity contribution is 5.35. The van der Waals surface area contributed by atoms with Crippen molar-refractivity contribution in [3.8, 4) is 0 Å². The third kappa shape index (κ3) is 3.06. The normalized spacial score (nSPS) is 14.4. The summed E-state index contributed by atoms with van der Waals surface area (Å²) in [5.41, 5.74) is 5.61. The highest BCUT2D eigenvalue weighted by Gasteiger charge is 2.19. The molecule has 1 aliphatic heterocycles. The first-order valence-electron chi connectivity index (χ1n) is 7.28. The SMILES string of the molecule is CCNCc1ccc2c(c1)CN(Cc1cccnc1)C2. The lowest BCUT2D eigenvalue weighted by molar-refractivity contribution is 0.275. The highest BCUT2D eigenvalue weighted by Crippen LogP contribution is 2.25. The van der Waals surface area contributed by atoms with E-state index >= 15 is 0 Å². The number of hydrogen-bond donors (Lipinski definition) is 1.